The Balaban J connectivity index is 2.15. The Labute approximate surface area is 394 Å². The van der Waals surface area contributed by atoms with Gasteiger partial charge in [-0.1, -0.05) is 30.3 Å². The third-order valence-electron chi connectivity index (χ3n) is 8.60. The van der Waals surface area contributed by atoms with Gasteiger partial charge in [0.25, 0.3) is 5.91 Å². The predicted octanol–water partition coefficient (Wildman–Crippen LogP) is 3.40. The topological polar surface area (TPSA) is 245 Å². The van der Waals surface area contributed by atoms with E-state index in [9.17, 15) is 38.7 Å². The number of pyridine rings is 1. The van der Waals surface area contributed by atoms with Gasteiger partial charge in [-0.3, -0.25) is 53.3 Å². The van der Waals surface area contributed by atoms with Crippen molar-refractivity contribution in [3.8, 4) is 0 Å². The molecule has 0 saturated heterocycles. The summed E-state index contributed by atoms with van der Waals surface area (Å²) in [6, 6.07) is 9.56. The maximum atomic E-state index is 13.5. The number of esters is 3. The zero-order valence-corrected chi connectivity index (χ0v) is 41.3. The van der Waals surface area contributed by atoms with Crippen molar-refractivity contribution in [1.82, 2.24) is 35.8 Å². The average molecular weight is 944 g/mol. The highest BCUT2D eigenvalue weighted by Crippen LogP contribution is 2.13. The zero-order chi connectivity index (χ0) is 50.6. The Kier molecular flexibility index (Phi) is 22.8. The Morgan fingerprint density at radius 1 is 0.597 bits per heavy atom. The van der Waals surface area contributed by atoms with E-state index in [1.165, 1.54) is 4.90 Å². The molecule has 67 heavy (non-hydrogen) atoms. The standard InChI is InChI=1S/C47H73N7O13/c1-44(2,3)64-39(58)29-53(28-38(56)57)22-20-52(21-23-54(30-40(59)65-45(4,5)6)31-41(60)66-46(7,8)9)27-37(55)49-26-33-15-17-34(18-16-33)32-63-51-42(61)36(24-35-14-13-19-48-25-35)50-43(62)67-47(10,11)12/h13-19,25,36H,20-24,26-32H2,1-12H3,(H,49,55)(H,50,62)(H,51,61)(H,56,57). The molecule has 1 aromatic heterocycles. The van der Waals surface area contributed by atoms with Crippen LogP contribution < -0.4 is 16.1 Å². The van der Waals surface area contributed by atoms with E-state index in [1.54, 1.807) is 142 Å². The highest BCUT2D eigenvalue weighted by molar-refractivity contribution is 5.85. The van der Waals surface area contributed by atoms with Gasteiger partial charge in [0.2, 0.25) is 5.91 Å². The number of carboxylic acid groups (broad SMARTS) is 1. The first kappa shape index (κ1) is 57.4. The number of amides is 3. The number of nitrogens with zero attached hydrogens (tertiary/aromatic N) is 4. The van der Waals surface area contributed by atoms with Crippen LogP contribution in [0.3, 0.4) is 0 Å². The minimum absolute atomic E-state index is 0.00884. The summed E-state index contributed by atoms with van der Waals surface area (Å²) in [4.78, 5) is 104. The molecule has 0 aliphatic rings. The second-order valence-electron chi connectivity index (χ2n) is 20.0. The molecule has 0 radical (unpaired) electrons. The van der Waals surface area contributed by atoms with Crippen molar-refractivity contribution < 1.29 is 62.5 Å². The molecular weight excluding hydrogens is 871 g/mol. The van der Waals surface area contributed by atoms with Crippen LogP contribution >= 0.6 is 0 Å². The highest BCUT2D eigenvalue weighted by atomic mass is 16.7. The highest BCUT2D eigenvalue weighted by Gasteiger charge is 2.27. The van der Waals surface area contributed by atoms with Crippen LogP contribution in [0.15, 0.2) is 48.8 Å². The molecule has 1 atom stereocenters. The summed E-state index contributed by atoms with van der Waals surface area (Å²) in [6.45, 7) is 19.8. The molecule has 3 amide bonds. The van der Waals surface area contributed by atoms with Gasteiger partial charge in [-0.05, 0) is 106 Å². The van der Waals surface area contributed by atoms with E-state index in [1.807, 2.05) is 0 Å². The fraction of sp³-hybridized carbons (Fsp3) is 0.617. The van der Waals surface area contributed by atoms with Crippen molar-refractivity contribution in [2.45, 2.75) is 131 Å². The molecule has 1 unspecified atom stereocenters. The van der Waals surface area contributed by atoms with E-state index in [4.69, 9.17) is 23.8 Å². The van der Waals surface area contributed by atoms with Crippen molar-refractivity contribution in [2.24, 2.45) is 0 Å². The van der Waals surface area contributed by atoms with Crippen molar-refractivity contribution in [3.05, 3.63) is 65.5 Å². The number of rotatable bonds is 25. The molecule has 4 N–H and O–H groups in total. The van der Waals surface area contributed by atoms with Gasteiger partial charge in [-0.25, -0.2) is 10.3 Å². The van der Waals surface area contributed by atoms with Crippen molar-refractivity contribution >= 4 is 41.8 Å². The van der Waals surface area contributed by atoms with E-state index in [0.29, 0.717) is 11.1 Å². The number of hydroxylamine groups is 1. The number of carbonyl (C=O) groups excluding carboxylic acids is 6. The van der Waals surface area contributed by atoms with Crippen LogP contribution in [0.2, 0.25) is 0 Å². The lowest BCUT2D eigenvalue weighted by Gasteiger charge is -2.30. The number of carboxylic acids is 1. The maximum absolute atomic E-state index is 13.5. The van der Waals surface area contributed by atoms with E-state index in [2.05, 4.69) is 21.1 Å². The number of hydrogen-bond donors (Lipinski definition) is 4. The fourth-order valence-electron chi connectivity index (χ4n) is 6.01. The van der Waals surface area contributed by atoms with Gasteiger partial charge in [0.1, 0.15) is 28.4 Å². The van der Waals surface area contributed by atoms with Gasteiger partial charge in [0.05, 0.1) is 39.3 Å². The Hall–Kier alpha value is -5.70. The molecule has 2 aromatic rings. The number of ether oxygens (including phenoxy) is 4. The summed E-state index contributed by atoms with van der Waals surface area (Å²) < 4.78 is 21.8. The Bertz CT molecular complexity index is 1890. The van der Waals surface area contributed by atoms with Crippen LogP contribution in [-0.4, -0.2) is 154 Å². The molecule has 2 rings (SSSR count). The number of benzene rings is 1. The number of aliphatic carboxylic acids is 1. The molecule has 1 aromatic carbocycles. The lowest BCUT2D eigenvalue weighted by atomic mass is 10.1. The van der Waals surface area contributed by atoms with Crippen LogP contribution in [0.1, 0.15) is 99.8 Å². The fourth-order valence-corrected chi connectivity index (χ4v) is 6.01. The molecule has 20 nitrogen and oxygen atoms in total. The van der Waals surface area contributed by atoms with Gasteiger partial charge >= 0.3 is 30.0 Å². The quantitative estimate of drug-likeness (QED) is 0.0633. The van der Waals surface area contributed by atoms with Crippen LogP contribution in [0, 0.1) is 0 Å². The minimum Gasteiger partial charge on any atom is -0.480 e. The molecule has 1 heterocycles. The lowest BCUT2D eigenvalue weighted by molar-refractivity contribution is -0.160. The molecule has 0 saturated carbocycles. The van der Waals surface area contributed by atoms with Gasteiger partial charge < -0.3 is 34.7 Å². The van der Waals surface area contributed by atoms with E-state index < -0.39 is 70.9 Å². The van der Waals surface area contributed by atoms with Gasteiger partial charge in [0, 0.05) is 51.5 Å². The molecule has 0 aliphatic carbocycles. The van der Waals surface area contributed by atoms with Crippen molar-refractivity contribution in [1.29, 1.82) is 0 Å². The zero-order valence-electron chi connectivity index (χ0n) is 41.3. The van der Waals surface area contributed by atoms with E-state index >= 15 is 0 Å². The largest absolute Gasteiger partial charge is 0.480 e. The molecule has 0 aliphatic heterocycles. The first-order valence-corrected chi connectivity index (χ1v) is 22.1. The second kappa shape index (κ2) is 26.6. The van der Waals surface area contributed by atoms with Crippen LogP contribution in [-0.2, 0) is 72.1 Å². The molecule has 0 fully saturated rings. The van der Waals surface area contributed by atoms with Crippen LogP contribution in [0.25, 0.3) is 0 Å². The summed E-state index contributed by atoms with van der Waals surface area (Å²) >= 11 is 0. The van der Waals surface area contributed by atoms with Crippen LogP contribution in [0.5, 0.6) is 0 Å². The lowest BCUT2D eigenvalue weighted by Crippen LogP contribution is -2.49. The monoisotopic (exact) mass is 944 g/mol. The smallest absolute Gasteiger partial charge is 0.408 e. The summed E-state index contributed by atoms with van der Waals surface area (Å²) in [7, 11) is 0. The maximum Gasteiger partial charge on any atom is 0.408 e. The summed E-state index contributed by atoms with van der Waals surface area (Å²) in [5.41, 5.74) is 1.44. The minimum atomic E-state index is -1.16. The number of carbonyl (C=O) groups is 7. The molecule has 0 bridgehead atoms. The first-order valence-electron chi connectivity index (χ1n) is 22.1. The van der Waals surface area contributed by atoms with Gasteiger partial charge in [-0.2, -0.15) is 0 Å². The third-order valence-corrected chi connectivity index (χ3v) is 8.60. The van der Waals surface area contributed by atoms with Crippen LogP contribution in [0.4, 0.5) is 4.79 Å². The summed E-state index contributed by atoms with van der Waals surface area (Å²) in [5.74, 6) is -3.87. The number of nitrogens with one attached hydrogen (secondary N) is 3. The summed E-state index contributed by atoms with van der Waals surface area (Å²) in [6.07, 6.45) is 2.57. The third kappa shape index (κ3) is 28.2. The molecular formula is C47H73N7O13. The van der Waals surface area contributed by atoms with Crippen molar-refractivity contribution in [3.63, 3.8) is 0 Å². The van der Waals surface area contributed by atoms with Gasteiger partial charge in [0.15, 0.2) is 0 Å². The van der Waals surface area contributed by atoms with Gasteiger partial charge in [-0.15, -0.1) is 0 Å². The predicted molar refractivity (Wildman–Crippen MR) is 247 cm³/mol. The average Bonchev–Trinajstić information content (AvgIpc) is 3.15. The number of alkyl carbamates (subject to hydrolysis) is 1. The van der Waals surface area contributed by atoms with E-state index in [0.717, 1.165) is 5.56 Å². The van der Waals surface area contributed by atoms with E-state index in [-0.39, 0.29) is 77.8 Å². The molecule has 0 spiro atoms. The normalized spacial score (nSPS) is 12.6. The Morgan fingerprint density at radius 2 is 1.06 bits per heavy atom. The second-order valence-corrected chi connectivity index (χ2v) is 20.0. The first-order chi connectivity index (χ1) is 30.9. The SMILES string of the molecule is CC(C)(C)OC(=O)CN(CCN(CCN(CC(=O)OC(C)(C)C)CC(=O)OC(C)(C)C)CC(=O)NCc1ccc(CONC(=O)C(Cc2cccnc2)NC(=O)OC(C)(C)C)cc1)CC(=O)O. The molecule has 20 heteroatoms. The summed E-state index contributed by atoms with van der Waals surface area (Å²) in [5, 5.41) is 15.1. The molecule has 374 valence electrons. The number of aromatic nitrogens is 1. The van der Waals surface area contributed by atoms with Crippen molar-refractivity contribution in [2.75, 3.05) is 58.9 Å². The number of hydrogen-bond acceptors (Lipinski definition) is 16. The Morgan fingerprint density at radius 3 is 1.51 bits per heavy atom.